The van der Waals surface area contributed by atoms with Gasteiger partial charge in [-0.2, -0.15) is 0 Å². The molecule has 1 aliphatic heterocycles. The SMILES string of the molecule is O[C@@H]1[C@H](O)[C@@H](Br)CO[C@H]1O. The molecule has 0 saturated carbocycles. The van der Waals surface area contributed by atoms with Gasteiger partial charge in [-0.25, -0.2) is 0 Å². The fourth-order valence-electron chi connectivity index (χ4n) is 0.770. The Kier molecular flexibility index (Phi) is 2.65. The molecule has 0 aromatic heterocycles. The first kappa shape index (κ1) is 8.42. The Balaban J connectivity index is 2.52. The van der Waals surface area contributed by atoms with E-state index in [1.165, 1.54) is 0 Å². The van der Waals surface area contributed by atoms with Crippen LogP contribution in [0.1, 0.15) is 0 Å². The summed E-state index contributed by atoms with van der Waals surface area (Å²) in [5.41, 5.74) is 0. The Labute approximate surface area is 66.6 Å². The summed E-state index contributed by atoms with van der Waals surface area (Å²) < 4.78 is 4.67. The van der Waals surface area contributed by atoms with Gasteiger partial charge in [-0.15, -0.1) is 0 Å². The number of rotatable bonds is 0. The largest absolute Gasteiger partial charge is 0.389 e. The summed E-state index contributed by atoms with van der Waals surface area (Å²) in [5.74, 6) is 0. The maximum absolute atomic E-state index is 9.08. The molecule has 1 aliphatic rings. The van der Waals surface area contributed by atoms with Crippen molar-refractivity contribution in [3.63, 3.8) is 0 Å². The fraction of sp³-hybridized carbons (Fsp3) is 1.00. The van der Waals surface area contributed by atoms with Crippen molar-refractivity contribution in [2.24, 2.45) is 0 Å². The quantitative estimate of drug-likeness (QED) is 0.443. The first-order valence-electron chi connectivity index (χ1n) is 2.93. The number of alkyl halides is 1. The second kappa shape index (κ2) is 3.15. The average Bonchev–Trinajstić information content (AvgIpc) is 1.93. The highest BCUT2D eigenvalue weighted by molar-refractivity contribution is 9.09. The van der Waals surface area contributed by atoms with Crippen molar-refractivity contribution in [1.82, 2.24) is 0 Å². The van der Waals surface area contributed by atoms with E-state index in [-0.39, 0.29) is 11.4 Å². The van der Waals surface area contributed by atoms with Crippen molar-refractivity contribution in [2.75, 3.05) is 6.61 Å². The molecule has 0 amide bonds. The van der Waals surface area contributed by atoms with Crippen LogP contribution in [0.4, 0.5) is 0 Å². The van der Waals surface area contributed by atoms with Crippen LogP contribution in [0.2, 0.25) is 0 Å². The molecule has 1 heterocycles. The van der Waals surface area contributed by atoms with Gasteiger partial charge >= 0.3 is 0 Å². The second-order valence-corrected chi connectivity index (χ2v) is 3.40. The van der Waals surface area contributed by atoms with Crippen LogP contribution in [0.3, 0.4) is 0 Å². The summed E-state index contributed by atoms with van der Waals surface area (Å²) in [6, 6.07) is 0. The minimum absolute atomic E-state index is 0.208. The number of aliphatic hydroxyl groups is 3. The standard InChI is InChI=1S/C5H9BrO4/c6-2-1-10-5(9)4(8)3(2)7/h2-5,7-9H,1H2/t2-,3+,4+,5+/m0/s1. The number of ether oxygens (including phenoxy) is 1. The molecule has 10 heavy (non-hydrogen) atoms. The van der Waals surface area contributed by atoms with Crippen molar-refractivity contribution >= 4 is 15.9 Å². The molecule has 1 rings (SSSR count). The lowest BCUT2D eigenvalue weighted by atomic mass is 10.1. The van der Waals surface area contributed by atoms with E-state index in [1.807, 2.05) is 0 Å². The lowest BCUT2D eigenvalue weighted by Gasteiger charge is -2.31. The number of hydrogen-bond acceptors (Lipinski definition) is 4. The van der Waals surface area contributed by atoms with Crippen LogP contribution < -0.4 is 0 Å². The molecular formula is C5H9BrO4. The Morgan fingerprint density at radius 3 is 2.30 bits per heavy atom. The summed E-state index contributed by atoms with van der Waals surface area (Å²) in [4.78, 5) is -0.300. The second-order valence-electron chi connectivity index (χ2n) is 2.22. The minimum Gasteiger partial charge on any atom is -0.389 e. The van der Waals surface area contributed by atoms with Crippen molar-refractivity contribution in [1.29, 1.82) is 0 Å². The Morgan fingerprint density at radius 2 is 1.80 bits per heavy atom. The van der Waals surface area contributed by atoms with E-state index in [0.717, 1.165) is 0 Å². The third-order valence-corrected chi connectivity index (χ3v) is 2.24. The minimum atomic E-state index is -1.26. The van der Waals surface area contributed by atoms with Crippen LogP contribution >= 0.6 is 15.9 Å². The van der Waals surface area contributed by atoms with E-state index in [1.54, 1.807) is 0 Å². The first-order valence-corrected chi connectivity index (χ1v) is 3.84. The lowest BCUT2D eigenvalue weighted by molar-refractivity contribution is -0.216. The number of hydrogen-bond donors (Lipinski definition) is 3. The Hall–Kier alpha value is 0.320. The van der Waals surface area contributed by atoms with Gasteiger partial charge < -0.3 is 20.1 Å². The molecule has 0 unspecified atom stereocenters. The molecule has 5 heteroatoms. The van der Waals surface area contributed by atoms with Crippen LogP contribution in [0.15, 0.2) is 0 Å². The van der Waals surface area contributed by atoms with E-state index in [9.17, 15) is 0 Å². The third-order valence-electron chi connectivity index (χ3n) is 1.44. The van der Waals surface area contributed by atoms with E-state index >= 15 is 0 Å². The molecule has 4 nitrogen and oxygen atoms in total. The number of aliphatic hydroxyl groups excluding tert-OH is 3. The molecule has 3 N–H and O–H groups in total. The molecule has 1 fully saturated rings. The van der Waals surface area contributed by atoms with Crippen LogP contribution in [0.25, 0.3) is 0 Å². The van der Waals surface area contributed by atoms with Crippen LogP contribution in [0, 0.1) is 0 Å². The first-order chi connectivity index (χ1) is 4.63. The van der Waals surface area contributed by atoms with Gasteiger partial charge in [0.1, 0.15) is 6.10 Å². The van der Waals surface area contributed by atoms with Crippen molar-refractivity contribution in [3.05, 3.63) is 0 Å². The topological polar surface area (TPSA) is 69.9 Å². The van der Waals surface area contributed by atoms with Crippen molar-refractivity contribution in [3.8, 4) is 0 Å². The average molecular weight is 213 g/mol. The summed E-state index contributed by atoms with van der Waals surface area (Å²) in [6.07, 6.45) is -3.43. The van der Waals surface area contributed by atoms with Crippen molar-refractivity contribution in [2.45, 2.75) is 23.3 Å². The summed E-state index contributed by atoms with van der Waals surface area (Å²) in [6.45, 7) is 0.208. The third kappa shape index (κ3) is 1.49. The highest BCUT2D eigenvalue weighted by Crippen LogP contribution is 2.18. The van der Waals surface area contributed by atoms with Crippen molar-refractivity contribution < 1.29 is 20.1 Å². The fourth-order valence-corrected chi connectivity index (χ4v) is 1.24. The van der Waals surface area contributed by atoms with E-state index in [4.69, 9.17) is 15.3 Å². The maximum atomic E-state index is 9.08. The highest BCUT2D eigenvalue weighted by Gasteiger charge is 2.35. The van der Waals surface area contributed by atoms with E-state index < -0.39 is 18.5 Å². The molecule has 0 aromatic carbocycles. The van der Waals surface area contributed by atoms with Gasteiger partial charge in [-0.3, -0.25) is 0 Å². The van der Waals surface area contributed by atoms with Gasteiger partial charge in [0, 0.05) is 0 Å². The van der Waals surface area contributed by atoms with Gasteiger partial charge in [0.25, 0.3) is 0 Å². The summed E-state index contributed by atoms with van der Waals surface area (Å²) in [5, 5.41) is 26.9. The smallest absolute Gasteiger partial charge is 0.183 e. The predicted molar refractivity (Wildman–Crippen MR) is 36.7 cm³/mol. The van der Waals surface area contributed by atoms with E-state index in [2.05, 4.69) is 20.7 Å². The molecule has 4 atom stereocenters. The Morgan fingerprint density at radius 1 is 1.20 bits per heavy atom. The molecule has 0 aliphatic carbocycles. The zero-order chi connectivity index (χ0) is 7.72. The van der Waals surface area contributed by atoms with Gasteiger partial charge in [0.05, 0.1) is 17.5 Å². The summed E-state index contributed by atoms with van der Waals surface area (Å²) >= 11 is 3.08. The molecule has 0 radical (unpaired) electrons. The monoisotopic (exact) mass is 212 g/mol. The normalized spacial score (nSPS) is 49.2. The molecule has 60 valence electrons. The van der Waals surface area contributed by atoms with Crippen LogP contribution in [-0.4, -0.2) is 45.3 Å². The van der Waals surface area contributed by atoms with Gasteiger partial charge in [0.15, 0.2) is 6.29 Å². The molecule has 1 saturated heterocycles. The lowest BCUT2D eigenvalue weighted by Crippen LogP contribution is -2.50. The number of halogens is 1. The Bertz CT molecular complexity index is 106. The van der Waals surface area contributed by atoms with Crippen LogP contribution in [0.5, 0.6) is 0 Å². The molecule has 0 spiro atoms. The summed E-state index contributed by atoms with van der Waals surface area (Å²) in [7, 11) is 0. The maximum Gasteiger partial charge on any atom is 0.183 e. The van der Waals surface area contributed by atoms with Gasteiger partial charge in [0.2, 0.25) is 0 Å². The van der Waals surface area contributed by atoms with Gasteiger partial charge in [-0.1, -0.05) is 15.9 Å². The molecular weight excluding hydrogens is 204 g/mol. The predicted octanol–water partition coefficient (Wildman–Crippen LogP) is -1.18. The molecule has 0 aromatic rings. The van der Waals surface area contributed by atoms with Crippen LogP contribution in [-0.2, 0) is 4.74 Å². The zero-order valence-corrected chi connectivity index (χ0v) is 6.73. The highest BCUT2D eigenvalue weighted by atomic mass is 79.9. The van der Waals surface area contributed by atoms with Gasteiger partial charge in [-0.05, 0) is 0 Å². The molecule has 0 bridgehead atoms. The van der Waals surface area contributed by atoms with E-state index in [0.29, 0.717) is 0 Å². The zero-order valence-electron chi connectivity index (χ0n) is 5.14.